The van der Waals surface area contributed by atoms with Crippen LogP contribution in [0.4, 0.5) is 22.7 Å². The predicted octanol–water partition coefficient (Wildman–Crippen LogP) is 9.34. The first-order valence-electron chi connectivity index (χ1n) is 13.6. The van der Waals surface area contributed by atoms with Crippen molar-refractivity contribution in [3.05, 3.63) is 48.5 Å². The van der Waals surface area contributed by atoms with E-state index in [-0.39, 0.29) is 0 Å². The molecule has 0 heterocycles. The molecule has 0 bridgehead atoms. The highest BCUT2D eigenvalue weighted by Crippen LogP contribution is 2.19. The van der Waals surface area contributed by atoms with Crippen LogP contribution in [0.5, 0.6) is 0 Å². The van der Waals surface area contributed by atoms with Gasteiger partial charge in [-0.15, -0.1) is 0 Å². The maximum atomic E-state index is 4.54. The van der Waals surface area contributed by atoms with Gasteiger partial charge in [-0.2, -0.15) is 0 Å². The Kier molecular flexibility index (Phi) is 15.2. The smallest absolute Gasteiger partial charge is 0.0650 e. The summed E-state index contributed by atoms with van der Waals surface area (Å²) < 4.78 is 0. The Balaban J connectivity index is 1.70. The predicted molar refractivity (Wildman–Crippen MR) is 153 cm³/mol. The van der Waals surface area contributed by atoms with Gasteiger partial charge >= 0.3 is 0 Å². The number of hydrogen-bond donors (Lipinski definition) is 2. The zero-order chi connectivity index (χ0) is 24.1. The fraction of sp³-hybridized carbons (Fsp3) is 0.533. The van der Waals surface area contributed by atoms with Crippen LogP contribution in [0.15, 0.2) is 58.5 Å². The van der Waals surface area contributed by atoms with E-state index >= 15 is 0 Å². The average Bonchev–Trinajstić information content (AvgIpc) is 2.86. The molecule has 0 aliphatic rings. The summed E-state index contributed by atoms with van der Waals surface area (Å²) in [4.78, 5) is 9.09. The Morgan fingerprint density at radius 1 is 0.559 bits per heavy atom. The molecule has 0 saturated heterocycles. The molecule has 0 aromatic heterocycles. The van der Waals surface area contributed by atoms with Crippen molar-refractivity contribution in [1.82, 2.24) is 0 Å². The van der Waals surface area contributed by atoms with Crippen LogP contribution in [-0.4, -0.2) is 25.5 Å². The summed E-state index contributed by atoms with van der Waals surface area (Å²) in [6, 6.07) is 16.5. The van der Waals surface area contributed by atoms with E-state index in [1.807, 2.05) is 24.3 Å². The molecule has 0 radical (unpaired) electrons. The minimum Gasteiger partial charge on any atom is -0.385 e. The van der Waals surface area contributed by atoms with E-state index in [2.05, 4.69) is 58.7 Å². The van der Waals surface area contributed by atoms with Crippen molar-refractivity contribution in [2.75, 3.05) is 23.7 Å². The molecular weight excluding hydrogens is 416 g/mol. The first kappa shape index (κ1) is 27.6. The molecule has 0 saturated carbocycles. The molecule has 2 aromatic rings. The van der Waals surface area contributed by atoms with E-state index in [1.54, 1.807) is 12.4 Å². The van der Waals surface area contributed by atoms with Crippen LogP contribution in [0.1, 0.15) is 90.9 Å². The fourth-order valence-electron chi connectivity index (χ4n) is 3.91. The van der Waals surface area contributed by atoms with Gasteiger partial charge in [0.2, 0.25) is 0 Å². The van der Waals surface area contributed by atoms with E-state index < -0.39 is 0 Å². The van der Waals surface area contributed by atoms with Gasteiger partial charge in [-0.25, -0.2) is 0 Å². The Morgan fingerprint density at radius 2 is 0.971 bits per heavy atom. The summed E-state index contributed by atoms with van der Waals surface area (Å²) in [6.45, 7) is 6.56. The van der Waals surface area contributed by atoms with Gasteiger partial charge in [0.1, 0.15) is 0 Å². The lowest BCUT2D eigenvalue weighted by molar-refractivity contribution is 0.617. The molecule has 2 rings (SSSR count). The SMILES string of the molecule is CCCCCCCCNc1cccc(N=CC=Nc2cccc(NCCCCCCCC)c2)c1. The van der Waals surface area contributed by atoms with E-state index in [1.165, 1.54) is 77.0 Å². The number of anilines is 2. The standard InChI is InChI=1S/C30H46N4/c1-3-5-7-9-11-13-21-31-27-17-15-19-29(25-27)33-23-24-34-30-20-16-18-28(26-30)32-22-14-12-10-8-6-4-2/h15-20,23-26,31-32H,3-14,21-22H2,1-2H3. The molecule has 0 aliphatic heterocycles. The van der Waals surface area contributed by atoms with Crippen LogP contribution in [0.25, 0.3) is 0 Å². The topological polar surface area (TPSA) is 48.8 Å². The van der Waals surface area contributed by atoms with Crippen LogP contribution in [0.2, 0.25) is 0 Å². The summed E-state index contributed by atoms with van der Waals surface area (Å²) in [5.74, 6) is 0. The molecule has 0 atom stereocenters. The van der Waals surface area contributed by atoms with Crippen molar-refractivity contribution in [2.45, 2.75) is 90.9 Å². The highest BCUT2D eigenvalue weighted by atomic mass is 14.9. The molecule has 0 unspecified atom stereocenters. The number of hydrogen-bond acceptors (Lipinski definition) is 4. The molecule has 4 nitrogen and oxygen atoms in total. The Bertz CT molecular complexity index is 759. The summed E-state index contributed by atoms with van der Waals surface area (Å²) >= 11 is 0. The molecular formula is C30H46N4. The number of rotatable bonds is 19. The number of benzene rings is 2. The second-order valence-electron chi connectivity index (χ2n) is 9.05. The van der Waals surface area contributed by atoms with Gasteiger partial charge in [0.05, 0.1) is 11.4 Å². The van der Waals surface area contributed by atoms with Gasteiger partial charge in [-0.05, 0) is 49.2 Å². The molecule has 2 aromatic carbocycles. The monoisotopic (exact) mass is 462 g/mol. The van der Waals surface area contributed by atoms with Crippen molar-refractivity contribution in [2.24, 2.45) is 9.98 Å². The van der Waals surface area contributed by atoms with Crippen LogP contribution in [0.3, 0.4) is 0 Å². The third-order valence-corrected chi connectivity index (χ3v) is 5.93. The lowest BCUT2D eigenvalue weighted by Crippen LogP contribution is -2.01. The molecule has 0 spiro atoms. The summed E-state index contributed by atoms with van der Waals surface area (Å²) in [7, 11) is 0. The average molecular weight is 463 g/mol. The first-order valence-corrected chi connectivity index (χ1v) is 13.6. The van der Waals surface area contributed by atoms with Crippen molar-refractivity contribution in [1.29, 1.82) is 0 Å². The van der Waals surface area contributed by atoms with Crippen LogP contribution < -0.4 is 10.6 Å². The van der Waals surface area contributed by atoms with Crippen LogP contribution >= 0.6 is 0 Å². The maximum absolute atomic E-state index is 4.54. The highest BCUT2D eigenvalue weighted by molar-refractivity contribution is 6.17. The zero-order valence-corrected chi connectivity index (χ0v) is 21.6. The Morgan fingerprint density at radius 3 is 1.41 bits per heavy atom. The van der Waals surface area contributed by atoms with E-state index in [9.17, 15) is 0 Å². The van der Waals surface area contributed by atoms with Gasteiger partial charge < -0.3 is 10.6 Å². The van der Waals surface area contributed by atoms with Crippen molar-refractivity contribution < 1.29 is 0 Å². The van der Waals surface area contributed by atoms with E-state index in [0.29, 0.717) is 0 Å². The highest BCUT2D eigenvalue weighted by Gasteiger charge is 1.96. The summed E-state index contributed by atoms with van der Waals surface area (Å²) in [5.41, 5.74) is 4.14. The maximum Gasteiger partial charge on any atom is 0.0650 e. The van der Waals surface area contributed by atoms with Gasteiger partial charge in [0.25, 0.3) is 0 Å². The lowest BCUT2D eigenvalue weighted by atomic mass is 10.1. The molecule has 34 heavy (non-hydrogen) atoms. The van der Waals surface area contributed by atoms with Gasteiger partial charge in [0, 0.05) is 36.9 Å². The zero-order valence-electron chi connectivity index (χ0n) is 21.6. The summed E-state index contributed by atoms with van der Waals surface area (Å²) in [5, 5.41) is 7.03. The van der Waals surface area contributed by atoms with Crippen molar-refractivity contribution >= 4 is 35.2 Å². The van der Waals surface area contributed by atoms with E-state index in [4.69, 9.17) is 0 Å². The number of aliphatic imine (C=N–C) groups is 2. The third kappa shape index (κ3) is 13.2. The minimum atomic E-state index is 0.939. The molecule has 0 aliphatic carbocycles. The molecule has 186 valence electrons. The number of unbranched alkanes of at least 4 members (excludes halogenated alkanes) is 10. The lowest BCUT2D eigenvalue weighted by Gasteiger charge is -2.07. The summed E-state index contributed by atoms with van der Waals surface area (Å²) in [6.07, 6.45) is 19.3. The second-order valence-corrected chi connectivity index (χ2v) is 9.05. The minimum absolute atomic E-state index is 0.939. The molecule has 2 N–H and O–H groups in total. The third-order valence-electron chi connectivity index (χ3n) is 5.93. The van der Waals surface area contributed by atoms with Gasteiger partial charge in [0.15, 0.2) is 0 Å². The Hall–Kier alpha value is -2.62. The van der Waals surface area contributed by atoms with E-state index in [0.717, 1.165) is 35.8 Å². The molecule has 0 amide bonds. The number of nitrogens with one attached hydrogen (secondary N) is 2. The van der Waals surface area contributed by atoms with Crippen molar-refractivity contribution in [3.63, 3.8) is 0 Å². The van der Waals surface area contributed by atoms with Crippen LogP contribution in [-0.2, 0) is 0 Å². The van der Waals surface area contributed by atoms with Crippen molar-refractivity contribution in [3.8, 4) is 0 Å². The Labute approximate surface area is 208 Å². The first-order chi connectivity index (χ1) is 16.8. The number of nitrogens with zero attached hydrogens (tertiary/aromatic N) is 2. The fourth-order valence-corrected chi connectivity index (χ4v) is 3.91. The quantitative estimate of drug-likeness (QED) is 0.161. The largest absolute Gasteiger partial charge is 0.385 e. The molecule has 0 fully saturated rings. The van der Waals surface area contributed by atoms with Crippen LogP contribution in [0, 0.1) is 0 Å². The normalized spacial score (nSPS) is 11.5. The second kappa shape index (κ2) is 18.8. The van der Waals surface area contributed by atoms with Gasteiger partial charge in [-0.1, -0.05) is 90.2 Å². The molecule has 4 heteroatoms. The van der Waals surface area contributed by atoms with Gasteiger partial charge in [-0.3, -0.25) is 9.98 Å².